The number of benzene rings is 2. The van der Waals surface area contributed by atoms with E-state index in [1.165, 1.54) is 0 Å². The van der Waals surface area contributed by atoms with Gasteiger partial charge in [-0.1, -0.05) is 74.5 Å². The van der Waals surface area contributed by atoms with E-state index in [4.69, 9.17) is 4.74 Å². The number of aryl methyl sites for hydroxylation is 1. The fraction of sp³-hybridized carbons (Fsp3) is 0.316. The highest BCUT2D eigenvalue weighted by atomic mass is 16.5. The summed E-state index contributed by atoms with van der Waals surface area (Å²) in [5.74, 6) is 0.120. The van der Waals surface area contributed by atoms with E-state index in [2.05, 4.69) is 13.8 Å². The smallest absolute Gasteiger partial charge is 0.306 e. The molecule has 0 amide bonds. The molecule has 2 aromatic carbocycles. The van der Waals surface area contributed by atoms with Crippen molar-refractivity contribution in [2.24, 2.45) is 5.92 Å². The Labute approximate surface area is 126 Å². The van der Waals surface area contributed by atoms with Crippen LogP contribution in [0.25, 0.3) is 0 Å². The summed E-state index contributed by atoms with van der Waals surface area (Å²) in [6.07, 6.45) is 0.966. The van der Waals surface area contributed by atoms with Crippen LogP contribution >= 0.6 is 0 Å². The van der Waals surface area contributed by atoms with E-state index in [-0.39, 0.29) is 18.0 Å². The third-order valence-electron chi connectivity index (χ3n) is 3.45. The summed E-state index contributed by atoms with van der Waals surface area (Å²) in [4.78, 5) is 12.1. The number of hydrogen-bond donors (Lipinski definition) is 0. The maximum absolute atomic E-state index is 12.1. The van der Waals surface area contributed by atoms with Gasteiger partial charge >= 0.3 is 5.97 Å². The van der Waals surface area contributed by atoms with E-state index < -0.39 is 0 Å². The van der Waals surface area contributed by atoms with E-state index in [1.54, 1.807) is 0 Å². The molecule has 0 saturated heterocycles. The minimum absolute atomic E-state index is 0.138. The van der Waals surface area contributed by atoms with Crippen molar-refractivity contribution in [2.75, 3.05) is 0 Å². The van der Waals surface area contributed by atoms with E-state index in [0.29, 0.717) is 6.42 Å². The molecule has 0 unspecified atom stereocenters. The zero-order chi connectivity index (χ0) is 15.1. The highest BCUT2D eigenvalue weighted by Gasteiger charge is 2.20. The first-order chi connectivity index (χ1) is 10.2. The third-order valence-corrected chi connectivity index (χ3v) is 3.45. The maximum Gasteiger partial charge on any atom is 0.306 e. The molecule has 0 saturated carbocycles. The second-order valence-corrected chi connectivity index (χ2v) is 5.55. The molecule has 0 radical (unpaired) electrons. The van der Waals surface area contributed by atoms with Crippen LogP contribution in [0.15, 0.2) is 60.7 Å². The highest BCUT2D eigenvalue weighted by molar-refractivity contribution is 5.70. The highest BCUT2D eigenvalue weighted by Crippen LogP contribution is 2.26. The van der Waals surface area contributed by atoms with E-state index in [0.717, 1.165) is 17.5 Å². The molecule has 0 fully saturated rings. The molecule has 0 N–H and O–H groups in total. The monoisotopic (exact) mass is 282 g/mol. The molecule has 2 aromatic rings. The number of carbonyl (C=O) groups is 1. The predicted molar refractivity (Wildman–Crippen MR) is 84.9 cm³/mol. The topological polar surface area (TPSA) is 26.3 Å². The Balaban J connectivity index is 1.93. The fourth-order valence-electron chi connectivity index (χ4n) is 2.32. The zero-order valence-electron chi connectivity index (χ0n) is 12.7. The molecule has 0 spiro atoms. The number of ether oxygens (including phenoxy) is 1. The van der Waals surface area contributed by atoms with E-state index in [1.807, 2.05) is 60.7 Å². The Hall–Kier alpha value is -2.09. The second kappa shape index (κ2) is 7.63. The van der Waals surface area contributed by atoms with Crippen LogP contribution in [0.1, 0.15) is 37.5 Å². The molecule has 0 aliphatic heterocycles. The van der Waals surface area contributed by atoms with Crippen LogP contribution in [-0.2, 0) is 16.0 Å². The van der Waals surface area contributed by atoms with Crippen LogP contribution in [0.3, 0.4) is 0 Å². The van der Waals surface area contributed by atoms with Gasteiger partial charge in [0.1, 0.15) is 6.10 Å². The van der Waals surface area contributed by atoms with Gasteiger partial charge in [0, 0.05) is 6.42 Å². The lowest BCUT2D eigenvalue weighted by molar-refractivity contribution is -0.151. The van der Waals surface area contributed by atoms with Gasteiger partial charge in [-0.15, -0.1) is 0 Å². The molecule has 0 bridgehead atoms. The van der Waals surface area contributed by atoms with Crippen molar-refractivity contribution >= 4 is 5.97 Å². The first-order valence-corrected chi connectivity index (χ1v) is 7.45. The molecule has 0 aromatic heterocycles. The summed E-state index contributed by atoms with van der Waals surface area (Å²) in [7, 11) is 0. The summed E-state index contributed by atoms with van der Waals surface area (Å²) in [5.41, 5.74) is 2.22. The molecular formula is C19H22O2. The molecule has 21 heavy (non-hydrogen) atoms. The summed E-state index contributed by atoms with van der Waals surface area (Å²) >= 11 is 0. The standard InChI is InChI=1S/C19H22O2/c1-15(2)19(17-11-7-4-8-12-17)21-18(20)14-13-16-9-5-3-6-10-16/h3-12,15,19H,13-14H2,1-2H3/t19-/m1/s1. The number of rotatable bonds is 6. The number of hydrogen-bond acceptors (Lipinski definition) is 2. The van der Waals surface area contributed by atoms with Crippen LogP contribution in [0, 0.1) is 5.92 Å². The van der Waals surface area contributed by atoms with Crippen LogP contribution in [0.5, 0.6) is 0 Å². The molecule has 1 atom stereocenters. The Kier molecular flexibility index (Phi) is 5.56. The van der Waals surface area contributed by atoms with Gasteiger partial charge in [-0.05, 0) is 23.5 Å². The molecule has 0 heterocycles. The zero-order valence-corrected chi connectivity index (χ0v) is 12.7. The summed E-state index contributed by atoms with van der Waals surface area (Å²) in [5, 5.41) is 0. The molecule has 2 nitrogen and oxygen atoms in total. The number of carbonyl (C=O) groups excluding carboxylic acids is 1. The van der Waals surface area contributed by atoms with Gasteiger partial charge < -0.3 is 4.74 Å². The third kappa shape index (κ3) is 4.75. The Morgan fingerprint density at radius 1 is 0.952 bits per heavy atom. The SMILES string of the molecule is CC(C)[C@@H](OC(=O)CCc1ccccc1)c1ccccc1. The van der Waals surface area contributed by atoms with Crippen molar-refractivity contribution < 1.29 is 9.53 Å². The number of esters is 1. The average Bonchev–Trinajstić information content (AvgIpc) is 2.52. The lowest BCUT2D eigenvalue weighted by Gasteiger charge is -2.21. The van der Waals surface area contributed by atoms with E-state index >= 15 is 0 Å². The lowest BCUT2D eigenvalue weighted by atomic mass is 9.99. The first kappa shape index (κ1) is 15.3. The molecule has 0 aliphatic rings. The van der Waals surface area contributed by atoms with Crippen LogP contribution in [-0.4, -0.2) is 5.97 Å². The quantitative estimate of drug-likeness (QED) is 0.726. The Morgan fingerprint density at radius 2 is 1.52 bits per heavy atom. The summed E-state index contributed by atoms with van der Waals surface area (Å²) in [6.45, 7) is 4.14. The van der Waals surface area contributed by atoms with Crippen molar-refractivity contribution in [1.82, 2.24) is 0 Å². The maximum atomic E-state index is 12.1. The lowest BCUT2D eigenvalue weighted by Crippen LogP contribution is -2.16. The minimum atomic E-state index is -0.172. The van der Waals surface area contributed by atoms with Gasteiger partial charge in [-0.3, -0.25) is 4.79 Å². The average molecular weight is 282 g/mol. The van der Waals surface area contributed by atoms with Crippen molar-refractivity contribution in [1.29, 1.82) is 0 Å². The van der Waals surface area contributed by atoms with Crippen LogP contribution in [0.2, 0.25) is 0 Å². The van der Waals surface area contributed by atoms with Gasteiger partial charge in [0.25, 0.3) is 0 Å². The van der Waals surface area contributed by atoms with Gasteiger partial charge in [0.2, 0.25) is 0 Å². The van der Waals surface area contributed by atoms with Gasteiger partial charge in [0.15, 0.2) is 0 Å². The van der Waals surface area contributed by atoms with Gasteiger partial charge in [-0.25, -0.2) is 0 Å². The van der Waals surface area contributed by atoms with Crippen molar-refractivity contribution in [2.45, 2.75) is 32.8 Å². The van der Waals surface area contributed by atoms with Gasteiger partial charge in [0.05, 0.1) is 0 Å². The second-order valence-electron chi connectivity index (χ2n) is 5.55. The Morgan fingerprint density at radius 3 is 2.10 bits per heavy atom. The van der Waals surface area contributed by atoms with Gasteiger partial charge in [-0.2, -0.15) is 0 Å². The largest absolute Gasteiger partial charge is 0.457 e. The van der Waals surface area contributed by atoms with Crippen LogP contribution < -0.4 is 0 Å². The van der Waals surface area contributed by atoms with Crippen molar-refractivity contribution in [3.05, 3.63) is 71.8 Å². The van der Waals surface area contributed by atoms with Crippen molar-refractivity contribution in [3.63, 3.8) is 0 Å². The minimum Gasteiger partial charge on any atom is -0.457 e. The molecule has 0 aliphatic carbocycles. The van der Waals surface area contributed by atoms with Crippen LogP contribution in [0.4, 0.5) is 0 Å². The predicted octanol–water partition coefficient (Wildman–Crippen LogP) is 4.56. The van der Waals surface area contributed by atoms with Crippen molar-refractivity contribution in [3.8, 4) is 0 Å². The van der Waals surface area contributed by atoms with E-state index in [9.17, 15) is 4.79 Å². The fourth-order valence-corrected chi connectivity index (χ4v) is 2.32. The molecule has 2 heteroatoms. The summed E-state index contributed by atoms with van der Waals surface area (Å²) in [6, 6.07) is 20.0. The first-order valence-electron chi connectivity index (χ1n) is 7.45. The normalized spacial score (nSPS) is 12.1. The Bertz CT molecular complexity index is 546. The molecular weight excluding hydrogens is 260 g/mol. The summed E-state index contributed by atoms with van der Waals surface area (Å²) < 4.78 is 5.68. The molecule has 110 valence electrons. The molecule has 2 rings (SSSR count).